The van der Waals surface area contributed by atoms with Gasteiger partial charge in [-0.3, -0.25) is 4.79 Å². The second-order valence-corrected chi connectivity index (χ2v) is 5.08. The average Bonchev–Trinajstić information content (AvgIpc) is 2.24. The van der Waals surface area contributed by atoms with Gasteiger partial charge in [-0.1, -0.05) is 24.1 Å². The number of carbonyl (C=O) groups is 1. The molecule has 0 saturated heterocycles. The fourth-order valence-electron chi connectivity index (χ4n) is 2.33. The van der Waals surface area contributed by atoms with E-state index in [0.717, 1.165) is 30.8 Å². The van der Waals surface area contributed by atoms with Crippen LogP contribution in [0.1, 0.15) is 42.7 Å². The van der Waals surface area contributed by atoms with Crippen LogP contribution in [0.4, 0.5) is 0 Å². The fourth-order valence-corrected chi connectivity index (χ4v) is 2.51. The van der Waals surface area contributed by atoms with Crippen molar-refractivity contribution < 1.29 is 4.79 Å². The SMILES string of the molecule is O=CNCCCc1ccc(Cl)cc1C1CCC1. The first-order valence-electron chi connectivity index (χ1n) is 6.26. The quantitative estimate of drug-likeness (QED) is 0.610. The van der Waals surface area contributed by atoms with E-state index in [1.54, 1.807) is 0 Å². The Morgan fingerprint density at radius 3 is 2.88 bits per heavy atom. The molecule has 1 aromatic rings. The monoisotopic (exact) mass is 251 g/mol. The minimum atomic E-state index is 0.711. The molecule has 0 bridgehead atoms. The molecule has 1 aliphatic carbocycles. The molecule has 1 N–H and O–H groups in total. The summed E-state index contributed by atoms with van der Waals surface area (Å²) in [4.78, 5) is 10.2. The van der Waals surface area contributed by atoms with Crippen molar-refractivity contribution in [2.24, 2.45) is 0 Å². The van der Waals surface area contributed by atoms with Crippen molar-refractivity contribution in [3.05, 3.63) is 34.3 Å². The summed E-state index contributed by atoms with van der Waals surface area (Å²) in [5, 5.41) is 3.53. The molecule has 0 unspecified atom stereocenters. The molecule has 0 aliphatic heterocycles. The van der Waals surface area contributed by atoms with Gasteiger partial charge in [-0.15, -0.1) is 0 Å². The summed E-state index contributed by atoms with van der Waals surface area (Å²) in [6.45, 7) is 0.746. The van der Waals surface area contributed by atoms with Crippen LogP contribution in [0.3, 0.4) is 0 Å². The van der Waals surface area contributed by atoms with E-state index in [1.807, 2.05) is 6.07 Å². The van der Waals surface area contributed by atoms with Gasteiger partial charge in [0, 0.05) is 11.6 Å². The highest BCUT2D eigenvalue weighted by Gasteiger charge is 2.22. The Morgan fingerprint density at radius 2 is 2.24 bits per heavy atom. The summed E-state index contributed by atoms with van der Waals surface area (Å²) in [6, 6.07) is 6.22. The van der Waals surface area contributed by atoms with Crippen LogP contribution in [0.15, 0.2) is 18.2 Å². The van der Waals surface area contributed by atoms with Gasteiger partial charge in [0.25, 0.3) is 0 Å². The molecule has 1 amide bonds. The number of nitrogens with one attached hydrogen (secondary N) is 1. The molecular weight excluding hydrogens is 234 g/mol. The third-order valence-corrected chi connectivity index (χ3v) is 3.74. The fraction of sp³-hybridized carbons (Fsp3) is 0.500. The Hall–Kier alpha value is -1.02. The number of halogens is 1. The zero-order valence-electron chi connectivity index (χ0n) is 9.92. The van der Waals surface area contributed by atoms with Crippen LogP contribution in [0.2, 0.25) is 5.02 Å². The van der Waals surface area contributed by atoms with E-state index in [-0.39, 0.29) is 0 Å². The van der Waals surface area contributed by atoms with Crippen LogP contribution >= 0.6 is 11.6 Å². The summed E-state index contributed by atoms with van der Waals surface area (Å²) in [7, 11) is 0. The smallest absolute Gasteiger partial charge is 0.207 e. The number of hydrogen-bond acceptors (Lipinski definition) is 1. The lowest BCUT2D eigenvalue weighted by atomic mass is 9.77. The molecular formula is C14H18ClNO. The number of rotatable bonds is 6. The van der Waals surface area contributed by atoms with Gasteiger partial charge in [0.15, 0.2) is 0 Å². The molecule has 3 heteroatoms. The molecule has 0 radical (unpaired) electrons. The van der Waals surface area contributed by atoms with Crippen molar-refractivity contribution in [3.63, 3.8) is 0 Å². The molecule has 1 aromatic carbocycles. The van der Waals surface area contributed by atoms with Crippen molar-refractivity contribution in [1.29, 1.82) is 0 Å². The zero-order chi connectivity index (χ0) is 12.1. The highest BCUT2D eigenvalue weighted by Crippen LogP contribution is 2.39. The van der Waals surface area contributed by atoms with Crippen LogP contribution in [0.5, 0.6) is 0 Å². The van der Waals surface area contributed by atoms with E-state index in [9.17, 15) is 4.79 Å². The van der Waals surface area contributed by atoms with Gasteiger partial charge in [0.05, 0.1) is 0 Å². The lowest BCUT2D eigenvalue weighted by Gasteiger charge is -2.28. The Morgan fingerprint density at radius 1 is 1.41 bits per heavy atom. The molecule has 17 heavy (non-hydrogen) atoms. The Bertz CT molecular complexity index is 388. The molecule has 1 fully saturated rings. The van der Waals surface area contributed by atoms with Crippen molar-refractivity contribution in [3.8, 4) is 0 Å². The van der Waals surface area contributed by atoms with Crippen molar-refractivity contribution in [2.75, 3.05) is 6.54 Å². The highest BCUT2D eigenvalue weighted by atomic mass is 35.5. The largest absolute Gasteiger partial charge is 0.359 e. The van der Waals surface area contributed by atoms with Crippen molar-refractivity contribution in [2.45, 2.75) is 38.0 Å². The maximum Gasteiger partial charge on any atom is 0.207 e. The summed E-state index contributed by atoms with van der Waals surface area (Å²) in [6.07, 6.45) is 6.68. The van der Waals surface area contributed by atoms with Crippen LogP contribution < -0.4 is 5.32 Å². The number of benzene rings is 1. The van der Waals surface area contributed by atoms with E-state index in [2.05, 4.69) is 17.4 Å². The van der Waals surface area contributed by atoms with Gasteiger partial charge in [-0.05, 0) is 54.9 Å². The van der Waals surface area contributed by atoms with E-state index >= 15 is 0 Å². The van der Waals surface area contributed by atoms with Gasteiger partial charge in [0.2, 0.25) is 6.41 Å². The molecule has 1 aliphatic rings. The summed E-state index contributed by atoms with van der Waals surface area (Å²) >= 11 is 6.07. The van der Waals surface area contributed by atoms with Gasteiger partial charge in [-0.25, -0.2) is 0 Å². The number of aryl methyl sites for hydroxylation is 1. The number of carbonyl (C=O) groups excluding carboxylic acids is 1. The maximum atomic E-state index is 10.2. The zero-order valence-corrected chi connectivity index (χ0v) is 10.7. The summed E-state index contributed by atoms with van der Waals surface area (Å²) < 4.78 is 0. The van der Waals surface area contributed by atoms with Gasteiger partial charge in [-0.2, -0.15) is 0 Å². The van der Waals surface area contributed by atoms with Gasteiger partial charge < -0.3 is 5.32 Å². The Kier molecular flexibility index (Phi) is 4.43. The topological polar surface area (TPSA) is 29.1 Å². The number of amides is 1. The average molecular weight is 252 g/mol. The first-order chi connectivity index (χ1) is 8.31. The molecule has 0 heterocycles. The third-order valence-electron chi connectivity index (χ3n) is 3.50. The van der Waals surface area contributed by atoms with Gasteiger partial charge >= 0.3 is 0 Å². The Labute approximate surface area is 107 Å². The minimum Gasteiger partial charge on any atom is -0.359 e. The molecule has 2 nitrogen and oxygen atoms in total. The summed E-state index contributed by atoms with van der Waals surface area (Å²) in [5.74, 6) is 0.711. The predicted octanol–water partition coefficient (Wildman–Crippen LogP) is 3.29. The lowest BCUT2D eigenvalue weighted by molar-refractivity contribution is -0.109. The predicted molar refractivity (Wildman–Crippen MR) is 70.4 cm³/mol. The van der Waals surface area contributed by atoms with Crippen LogP contribution in [0.25, 0.3) is 0 Å². The van der Waals surface area contributed by atoms with E-state index in [0.29, 0.717) is 5.92 Å². The molecule has 0 atom stereocenters. The van der Waals surface area contributed by atoms with E-state index < -0.39 is 0 Å². The normalized spacial score (nSPS) is 15.4. The molecule has 0 aromatic heterocycles. The Balaban J connectivity index is 2.01. The molecule has 2 rings (SSSR count). The minimum absolute atomic E-state index is 0.711. The summed E-state index contributed by atoms with van der Waals surface area (Å²) in [5.41, 5.74) is 2.82. The highest BCUT2D eigenvalue weighted by molar-refractivity contribution is 6.30. The molecule has 0 spiro atoms. The standard InChI is InChI=1S/C14H18ClNO/c15-13-7-6-12(5-2-8-16-10-17)14(9-13)11-3-1-4-11/h6-7,9-11H,1-5,8H2,(H,16,17). The van der Waals surface area contributed by atoms with Crippen LogP contribution in [0, 0.1) is 0 Å². The first-order valence-corrected chi connectivity index (χ1v) is 6.64. The first kappa shape index (κ1) is 12.4. The van der Waals surface area contributed by atoms with Crippen molar-refractivity contribution >= 4 is 18.0 Å². The van der Waals surface area contributed by atoms with Crippen LogP contribution in [-0.2, 0) is 11.2 Å². The number of hydrogen-bond donors (Lipinski definition) is 1. The van der Waals surface area contributed by atoms with Gasteiger partial charge in [0.1, 0.15) is 0 Å². The second-order valence-electron chi connectivity index (χ2n) is 4.65. The molecule has 1 saturated carbocycles. The maximum absolute atomic E-state index is 10.2. The van der Waals surface area contributed by atoms with E-state index in [1.165, 1.54) is 30.4 Å². The second kappa shape index (κ2) is 6.06. The van der Waals surface area contributed by atoms with E-state index in [4.69, 9.17) is 11.6 Å². The molecule has 92 valence electrons. The lowest BCUT2D eigenvalue weighted by Crippen LogP contribution is -2.14. The van der Waals surface area contributed by atoms with Crippen LogP contribution in [-0.4, -0.2) is 13.0 Å². The van der Waals surface area contributed by atoms with Crippen molar-refractivity contribution in [1.82, 2.24) is 5.32 Å². The third kappa shape index (κ3) is 3.22.